The van der Waals surface area contributed by atoms with Crippen LogP contribution in [0.2, 0.25) is 0 Å². The van der Waals surface area contributed by atoms with Gasteiger partial charge in [-0.3, -0.25) is 4.40 Å². The summed E-state index contributed by atoms with van der Waals surface area (Å²) in [4.78, 5) is 8.28. The second-order valence-corrected chi connectivity index (χ2v) is 8.91. The molecule has 0 aliphatic rings. The van der Waals surface area contributed by atoms with Crippen molar-refractivity contribution in [1.82, 2.24) is 19.5 Å². The first-order valence-corrected chi connectivity index (χ1v) is 10.8. The number of halogens is 3. The van der Waals surface area contributed by atoms with E-state index in [-0.39, 0.29) is 11.4 Å². The quantitative estimate of drug-likeness (QED) is 0.453. The summed E-state index contributed by atoms with van der Waals surface area (Å²) in [5.41, 5.74) is 1.18. The van der Waals surface area contributed by atoms with Crippen LogP contribution in [0.15, 0.2) is 56.4 Å². The molecule has 0 saturated heterocycles. The molecule has 12 heteroatoms. The Morgan fingerprint density at radius 2 is 1.87 bits per heavy atom. The fraction of sp³-hybridized carbons (Fsp3) is 0.211. The number of aryl methyl sites for hydroxylation is 1. The molecule has 162 valence electrons. The molecule has 3 aromatic heterocycles. The van der Waals surface area contributed by atoms with Crippen LogP contribution in [0, 0.1) is 6.92 Å². The van der Waals surface area contributed by atoms with Crippen molar-refractivity contribution in [2.75, 3.05) is 13.4 Å². The molecule has 0 bridgehead atoms. The number of nitrogens with zero attached hydrogens (tertiary/aromatic N) is 5. The van der Waals surface area contributed by atoms with Crippen molar-refractivity contribution in [3.8, 4) is 17.1 Å². The molecule has 3 heterocycles. The van der Waals surface area contributed by atoms with Crippen LogP contribution in [-0.2, 0) is 15.9 Å². The van der Waals surface area contributed by atoms with Gasteiger partial charge in [0, 0.05) is 22.9 Å². The largest absolute Gasteiger partial charge is 0.497 e. The average molecular weight is 451 g/mol. The first-order valence-electron chi connectivity index (χ1n) is 8.85. The van der Waals surface area contributed by atoms with Crippen molar-refractivity contribution < 1.29 is 26.6 Å². The minimum atomic E-state index is -4.73. The number of alkyl halides is 3. The molecule has 0 saturated carbocycles. The number of fused-ring (bicyclic) bond motifs is 1. The van der Waals surface area contributed by atoms with Gasteiger partial charge in [0.05, 0.1) is 22.5 Å². The van der Waals surface area contributed by atoms with Gasteiger partial charge in [-0.15, -0.1) is 0 Å². The highest BCUT2D eigenvalue weighted by atomic mass is 32.2. The van der Waals surface area contributed by atoms with E-state index in [4.69, 9.17) is 4.74 Å². The number of hydrogen-bond acceptors (Lipinski definition) is 7. The lowest BCUT2D eigenvalue weighted by Gasteiger charge is -2.06. The van der Waals surface area contributed by atoms with E-state index in [1.54, 1.807) is 41.8 Å². The fourth-order valence-corrected chi connectivity index (χ4v) is 4.20. The Labute approximate surface area is 174 Å². The minimum absolute atomic E-state index is 0.216. The number of pyridine rings is 1. The third kappa shape index (κ3) is 3.98. The molecular formula is C19H16F3N5O3S. The van der Waals surface area contributed by atoms with Crippen LogP contribution < -0.4 is 4.74 Å². The second kappa shape index (κ2) is 7.38. The average Bonchev–Trinajstić information content (AvgIpc) is 3.33. The molecule has 1 unspecified atom stereocenters. The fourth-order valence-electron chi connectivity index (χ4n) is 2.90. The smallest absolute Gasteiger partial charge is 0.471 e. The zero-order chi connectivity index (χ0) is 22.4. The molecule has 4 rings (SSSR count). The van der Waals surface area contributed by atoms with Crippen LogP contribution in [-0.4, -0.2) is 37.1 Å². The zero-order valence-corrected chi connectivity index (χ0v) is 17.4. The molecule has 1 atom stereocenters. The van der Waals surface area contributed by atoms with Gasteiger partial charge in [0.1, 0.15) is 11.4 Å². The second-order valence-electron chi connectivity index (χ2n) is 6.65. The summed E-state index contributed by atoms with van der Waals surface area (Å²) >= 11 is 0. The van der Waals surface area contributed by atoms with Crippen LogP contribution >= 0.6 is 0 Å². The molecule has 0 N–H and O–H groups in total. The summed E-state index contributed by atoms with van der Waals surface area (Å²) in [6.07, 6.45) is -1.66. The monoisotopic (exact) mass is 451 g/mol. The molecule has 0 amide bonds. The molecule has 4 aromatic rings. The number of methoxy groups -OCH3 is 1. The number of imidazole rings is 1. The molecule has 0 spiro atoms. The number of ether oxygens (including phenoxy) is 1. The summed E-state index contributed by atoms with van der Waals surface area (Å²) in [6.45, 7) is 1.70. The molecule has 1 aromatic carbocycles. The van der Waals surface area contributed by atoms with Gasteiger partial charge < -0.3 is 9.26 Å². The van der Waals surface area contributed by atoms with E-state index >= 15 is 0 Å². The summed E-state index contributed by atoms with van der Waals surface area (Å²) in [7, 11) is -1.26. The Hall–Kier alpha value is -3.41. The van der Waals surface area contributed by atoms with Gasteiger partial charge >= 0.3 is 12.1 Å². The van der Waals surface area contributed by atoms with Crippen LogP contribution in [0.4, 0.5) is 19.0 Å². The normalized spacial score (nSPS) is 13.9. The summed E-state index contributed by atoms with van der Waals surface area (Å²) in [5, 5.41) is 3.38. The van der Waals surface area contributed by atoms with Crippen LogP contribution in [0.25, 0.3) is 17.0 Å². The van der Waals surface area contributed by atoms with Gasteiger partial charge in [-0.2, -0.15) is 22.5 Å². The first kappa shape index (κ1) is 20.8. The summed E-state index contributed by atoms with van der Waals surface area (Å²) in [6, 6.07) is 9.75. The molecule has 0 aliphatic carbocycles. The number of benzene rings is 1. The van der Waals surface area contributed by atoms with E-state index in [1.807, 2.05) is 0 Å². The third-order valence-electron chi connectivity index (χ3n) is 4.45. The van der Waals surface area contributed by atoms with E-state index in [0.29, 0.717) is 27.8 Å². The van der Waals surface area contributed by atoms with Gasteiger partial charge in [0.15, 0.2) is 5.82 Å². The van der Waals surface area contributed by atoms with E-state index < -0.39 is 21.8 Å². The Morgan fingerprint density at radius 3 is 2.48 bits per heavy atom. The first-order chi connectivity index (χ1) is 14.6. The van der Waals surface area contributed by atoms with Crippen molar-refractivity contribution in [3.63, 3.8) is 0 Å². The Morgan fingerprint density at radius 1 is 1.16 bits per heavy atom. The maximum absolute atomic E-state index is 13.2. The topological polar surface area (TPSA) is 94.9 Å². The molecule has 0 radical (unpaired) electrons. The van der Waals surface area contributed by atoms with Crippen molar-refractivity contribution in [3.05, 3.63) is 54.2 Å². The van der Waals surface area contributed by atoms with Crippen LogP contribution in [0.1, 0.15) is 11.6 Å². The van der Waals surface area contributed by atoms with E-state index in [9.17, 15) is 17.4 Å². The summed E-state index contributed by atoms with van der Waals surface area (Å²) < 4.78 is 66.8. The standard InChI is InChI=1S/C19H16F3N5O3S/c1-11-17(26-31(3,28)14-6-4-13(29-2)5-7-14)27-9-8-12(10-15(27)23-11)16-24-18(30-25-16)19(20,21)22/h4-10H,1-3H3. The Bertz CT molecular complexity index is 1380. The van der Waals surface area contributed by atoms with E-state index in [2.05, 4.69) is 24.0 Å². The Balaban J connectivity index is 1.76. The molecule has 0 aliphatic heterocycles. The predicted molar refractivity (Wildman–Crippen MR) is 106 cm³/mol. The zero-order valence-electron chi connectivity index (χ0n) is 16.5. The predicted octanol–water partition coefficient (Wildman–Crippen LogP) is 4.51. The maximum atomic E-state index is 13.2. The van der Waals surface area contributed by atoms with Gasteiger partial charge in [-0.25, -0.2) is 9.19 Å². The molecule has 8 nitrogen and oxygen atoms in total. The molecule has 0 fully saturated rings. The molecule has 31 heavy (non-hydrogen) atoms. The SMILES string of the molecule is COc1ccc(S(C)(=O)=Nc2c(C)nc3cc(-c4noc(C(F)(F)F)n4)ccn23)cc1. The lowest BCUT2D eigenvalue weighted by molar-refractivity contribution is -0.159. The van der Waals surface area contributed by atoms with Gasteiger partial charge in [0.2, 0.25) is 5.82 Å². The van der Waals surface area contributed by atoms with E-state index in [1.165, 1.54) is 25.5 Å². The number of aromatic nitrogens is 4. The lowest BCUT2D eigenvalue weighted by Crippen LogP contribution is -2.04. The van der Waals surface area contributed by atoms with Gasteiger partial charge in [-0.05, 0) is 43.3 Å². The van der Waals surface area contributed by atoms with Gasteiger partial charge in [0.25, 0.3) is 0 Å². The van der Waals surface area contributed by atoms with Crippen LogP contribution in [0.5, 0.6) is 5.75 Å². The number of rotatable bonds is 4. The Kier molecular flexibility index (Phi) is 4.96. The maximum Gasteiger partial charge on any atom is 0.471 e. The van der Waals surface area contributed by atoms with Gasteiger partial charge in [-0.1, -0.05) is 5.16 Å². The highest BCUT2D eigenvalue weighted by Crippen LogP contribution is 2.31. The lowest BCUT2D eigenvalue weighted by atomic mass is 10.2. The van der Waals surface area contributed by atoms with Crippen molar-refractivity contribution >= 4 is 21.2 Å². The molecular weight excluding hydrogens is 435 g/mol. The summed E-state index contributed by atoms with van der Waals surface area (Å²) in [5.74, 6) is -0.643. The highest BCUT2D eigenvalue weighted by Gasteiger charge is 2.38. The van der Waals surface area contributed by atoms with E-state index in [0.717, 1.165) is 0 Å². The third-order valence-corrected chi connectivity index (χ3v) is 6.12. The highest BCUT2D eigenvalue weighted by molar-refractivity contribution is 7.93. The van der Waals surface area contributed by atoms with Crippen molar-refractivity contribution in [2.45, 2.75) is 18.0 Å². The van der Waals surface area contributed by atoms with Crippen molar-refractivity contribution in [2.24, 2.45) is 4.36 Å². The van der Waals surface area contributed by atoms with Crippen LogP contribution in [0.3, 0.4) is 0 Å². The number of hydrogen-bond donors (Lipinski definition) is 0. The minimum Gasteiger partial charge on any atom is -0.497 e. The van der Waals surface area contributed by atoms with Crippen molar-refractivity contribution in [1.29, 1.82) is 0 Å².